The highest BCUT2D eigenvalue weighted by Crippen LogP contribution is 2.22. The SMILES string of the molecule is CSCCCCCNc1cc(C(=O)O)c(N)cc1F. The summed E-state index contributed by atoms with van der Waals surface area (Å²) < 4.78 is 13.6. The van der Waals surface area contributed by atoms with Gasteiger partial charge in [0.1, 0.15) is 5.82 Å². The number of carboxylic acid groups (broad SMARTS) is 1. The van der Waals surface area contributed by atoms with E-state index in [9.17, 15) is 9.18 Å². The molecule has 106 valence electrons. The number of benzene rings is 1. The molecular formula is C13H19FN2O2S. The summed E-state index contributed by atoms with van der Waals surface area (Å²) in [6.45, 7) is 0.619. The minimum atomic E-state index is -1.15. The Morgan fingerprint density at radius 3 is 2.79 bits per heavy atom. The number of halogens is 1. The summed E-state index contributed by atoms with van der Waals surface area (Å²) >= 11 is 1.81. The van der Waals surface area contributed by atoms with Crippen LogP contribution in [0.2, 0.25) is 0 Å². The number of anilines is 2. The molecule has 1 aromatic carbocycles. The van der Waals surface area contributed by atoms with Gasteiger partial charge in [-0.1, -0.05) is 6.42 Å². The molecule has 0 spiro atoms. The largest absolute Gasteiger partial charge is 0.478 e. The van der Waals surface area contributed by atoms with Crippen molar-refractivity contribution in [3.8, 4) is 0 Å². The first-order valence-corrected chi connectivity index (χ1v) is 7.50. The molecule has 0 bridgehead atoms. The number of thioether (sulfide) groups is 1. The van der Waals surface area contributed by atoms with Gasteiger partial charge in [0, 0.05) is 12.2 Å². The standard InChI is InChI=1S/C13H19FN2O2S/c1-19-6-4-2-3-5-16-12-7-9(13(17)18)11(15)8-10(12)14/h7-8,16H,2-6,15H2,1H3,(H,17,18). The second-order valence-electron chi connectivity index (χ2n) is 4.20. The van der Waals surface area contributed by atoms with E-state index in [-0.39, 0.29) is 16.9 Å². The Balaban J connectivity index is 2.53. The van der Waals surface area contributed by atoms with Crippen LogP contribution in [0.25, 0.3) is 0 Å². The van der Waals surface area contributed by atoms with Gasteiger partial charge in [0.2, 0.25) is 0 Å². The minimum absolute atomic E-state index is 0.0597. The molecule has 0 fully saturated rings. The third-order valence-electron chi connectivity index (χ3n) is 2.71. The first-order valence-electron chi connectivity index (χ1n) is 6.11. The van der Waals surface area contributed by atoms with Crippen LogP contribution in [-0.2, 0) is 0 Å². The smallest absolute Gasteiger partial charge is 0.337 e. The van der Waals surface area contributed by atoms with Gasteiger partial charge in [-0.05, 0) is 37.0 Å². The Kier molecular flexibility index (Phi) is 6.49. The monoisotopic (exact) mass is 286 g/mol. The lowest BCUT2D eigenvalue weighted by atomic mass is 10.1. The first kappa shape index (κ1) is 15.6. The topological polar surface area (TPSA) is 75.3 Å². The lowest BCUT2D eigenvalue weighted by molar-refractivity contribution is 0.0698. The maximum Gasteiger partial charge on any atom is 0.337 e. The van der Waals surface area contributed by atoms with Crippen molar-refractivity contribution < 1.29 is 14.3 Å². The summed E-state index contributed by atoms with van der Waals surface area (Å²) in [5, 5.41) is 11.8. The van der Waals surface area contributed by atoms with Crippen LogP contribution < -0.4 is 11.1 Å². The van der Waals surface area contributed by atoms with E-state index in [4.69, 9.17) is 10.8 Å². The van der Waals surface area contributed by atoms with Gasteiger partial charge < -0.3 is 16.2 Å². The molecule has 0 aliphatic heterocycles. The number of nitrogen functional groups attached to an aromatic ring is 1. The molecule has 0 aliphatic rings. The highest BCUT2D eigenvalue weighted by molar-refractivity contribution is 7.98. The van der Waals surface area contributed by atoms with Crippen LogP contribution in [0.1, 0.15) is 29.6 Å². The molecule has 0 aromatic heterocycles. The fraction of sp³-hybridized carbons (Fsp3) is 0.462. The number of rotatable bonds is 8. The molecule has 0 saturated carbocycles. The van der Waals surface area contributed by atoms with E-state index < -0.39 is 11.8 Å². The van der Waals surface area contributed by atoms with Gasteiger partial charge in [-0.2, -0.15) is 11.8 Å². The van der Waals surface area contributed by atoms with Crippen LogP contribution in [0.15, 0.2) is 12.1 Å². The Labute approximate surface area is 116 Å². The molecule has 0 unspecified atom stereocenters. The molecule has 0 aliphatic carbocycles. The fourth-order valence-corrected chi connectivity index (χ4v) is 2.17. The number of carbonyl (C=O) groups is 1. The first-order chi connectivity index (χ1) is 9.06. The number of nitrogens with two attached hydrogens (primary N) is 1. The lowest BCUT2D eigenvalue weighted by Gasteiger charge is -2.10. The second-order valence-corrected chi connectivity index (χ2v) is 5.19. The third-order valence-corrected chi connectivity index (χ3v) is 3.41. The number of hydrogen-bond donors (Lipinski definition) is 3. The molecule has 4 N–H and O–H groups in total. The zero-order valence-corrected chi connectivity index (χ0v) is 11.7. The Hall–Kier alpha value is -1.43. The summed E-state index contributed by atoms with van der Waals surface area (Å²) in [5.74, 6) is -0.550. The Morgan fingerprint density at radius 2 is 2.16 bits per heavy atom. The van der Waals surface area contributed by atoms with Crippen molar-refractivity contribution in [1.82, 2.24) is 0 Å². The minimum Gasteiger partial charge on any atom is -0.478 e. The van der Waals surface area contributed by atoms with E-state index in [0.29, 0.717) is 6.54 Å². The van der Waals surface area contributed by atoms with Gasteiger partial charge >= 0.3 is 5.97 Å². The van der Waals surface area contributed by atoms with Crippen molar-refractivity contribution in [1.29, 1.82) is 0 Å². The van der Waals surface area contributed by atoms with Crippen LogP contribution in [0.5, 0.6) is 0 Å². The molecule has 0 radical (unpaired) electrons. The molecule has 4 nitrogen and oxygen atoms in total. The zero-order valence-electron chi connectivity index (χ0n) is 10.9. The summed E-state index contributed by atoms with van der Waals surface area (Å²) in [6.07, 6.45) is 5.19. The molecule has 1 aromatic rings. The Morgan fingerprint density at radius 1 is 1.42 bits per heavy atom. The van der Waals surface area contributed by atoms with Gasteiger partial charge in [0.25, 0.3) is 0 Å². The van der Waals surface area contributed by atoms with Crippen molar-refractivity contribution in [2.24, 2.45) is 0 Å². The van der Waals surface area contributed by atoms with Crippen LogP contribution >= 0.6 is 11.8 Å². The molecule has 1 rings (SSSR count). The van der Waals surface area contributed by atoms with Crippen LogP contribution in [0.3, 0.4) is 0 Å². The molecule has 19 heavy (non-hydrogen) atoms. The second kappa shape index (κ2) is 7.89. The predicted octanol–water partition coefficient (Wildman–Crippen LogP) is 3.05. The van der Waals surface area contributed by atoms with Gasteiger partial charge in [-0.15, -0.1) is 0 Å². The number of carboxylic acids is 1. The van der Waals surface area contributed by atoms with Crippen molar-refractivity contribution in [3.63, 3.8) is 0 Å². The van der Waals surface area contributed by atoms with Crippen LogP contribution in [0.4, 0.5) is 15.8 Å². The van der Waals surface area contributed by atoms with E-state index in [1.807, 2.05) is 0 Å². The summed E-state index contributed by atoms with van der Waals surface area (Å²) in [7, 11) is 0. The van der Waals surface area contributed by atoms with Gasteiger partial charge in [0.05, 0.1) is 11.3 Å². The quantitative estimate of drug-likeness (QED) is 0.506. The fourth-order valence-electron chi connectivity index (χ4n) is 1.68. The highest BCUT2D eigenvalue weighted by atomic mass is 32.2. The zero-order chi connectivity index (χ0) is 14.3. The molecule has 0 saturated heterocycles. The van der Waals surface area contributed by atoms with E-state index in [0.717, 1.165) is 31.1 Å². The van der Waals surface area contributed by atoms with Crippen LogP contribution in [0, 0.1) is 5.82 Å². The average molecular weight is 286 g/mol. The van der Waals surface area contributed by atoms with Gasteiger partial charge in [0.15, 0.2) is 0 Å². The number of unbranched alkanes of at least 4 members (excludes halogenated alkanes) is 2. The normalized spacial score (nSPS) is 10.4. The van der Waals surface area contributed by atoms with E-state index in [1.165, 1.54) is 6.07 Å². The number of nitrogens with one attached hydrogen (secondary N) is 1. The summed E-state index contributed by atoms with van der Waals surface area (Å²) in [6, 6.07) is 2.29. The van der Waals surface area contributed by atoms with Gasteiger partial charge in [-0.25, -0.2) is 9.18 Å². The lowest BCUT2D eigenvalue weighted by Crippen LogP contribution is -2.08. The van der Waals surface area contributed by atoms with Crippen molar-refractivity contribution in [2.75, 3.05) is 29.6 Å². The highest BCUT2D eigenvalue weighted by Gasteiger charge is 2.12. The van der Waals surface area contributed by atoms with E-state index in [2.05, 4.69) is 11.6 Å². The van der Waals surface area contributed by atoms with E-state index >= 15 is 0 Å². The number of hydrogen-bond acceptors (Lipinski definition) is 4. The average Bonchev–Trinajstić information content (AvgIpc) is 2.35. The number of aromatic carboxylic acids is 1. The Bertz CT molecular complexity index is 441. The van der Waals surface area contributed by atoms with Crippen molar-refractivity contribution in [3.05, 3.63) is 23.5 Å². The van der Waals surface area contributed by atoms with E-state index in [1.54, 1.807) is 11.8 Å². The molecule has 0 heterocycles. The van der Waals surface area contributed by atoms with Gasteiger partial charge in [-0.3, -0.25) is 0 Å². The van der Waals surface area contributed by atoms with Crippen molar-refractivity contribution in [2.45, 2.75) is 19.3 Å². The molecule has 0 atom stereocenters. The summed E-state index contributed by atoms with van der Waals surface area (Å²) in [5.41, 5.74) is 5.50. The third kappa shape index (κ3) is 4.98. The summed E-state index contributed by atoms with van der Waals surface area (Å²) in [4.78, 5) is 10.9. The predicted molar refractivity (Wildman–Crippen MR) is 78.5 cm³/mol. The maximum atomic E-state index is 13.6. The molecule has 0 amide bonds. The van der Waals surface area contributed by atoms with Crippen molar-refractivity contribution >= 4 is 29.1 Å². The van der Waals surface area contributed by atoms with Crippen LogP contribution in [-0.4, -0.2) is 29.6 Å². The molecular weight excluding hydrogens is 267 g/mol. The maximum absolute atomic E-state index is 13.6. The molecule has 6 heteroatoms.